The largest absolute Gasteiger partial charge is 0.418 e. The van der Waals surface area contributed by atoms with Crippen molar-refractivity contribution in [3.8, 4) is 10.8 Å². The molecular formula is C16H16N4O2S2. The van der Waals surface area contributed by atoms with Crippen molar-refractivity contribution in [3.63, 3.8) is 0 Å². The number of aryl methyl sites for hydroxylation is 1. The third kappa shape index (κ3) is 2.87. The molecule has 1 aliphatic heterocycles. The number of carbonyl (C=O) groups excluding carboxylic acids is 1. The molecule has 4 heterocycles. The fraction of sp³-hybridized carbons (Fsp3) is 0.375. The fourth-order valence-electron chi connectivity index (χ4n) is 2.96. The number of hydrogen-bond acceptors (Lipinski definition) is 7. The minimum absolute atomic E-state index is 0.115. The molecule has 0 spiro atoms. The van der Waals surface area contributed by atoms with Crippen molar-refractivity contribution >= 4 is 28.6 Å². The summed E-state index contributed by atoms with van der Waals surface area (Å²) in [6.07, 6.45) is 2.24. The first kappa shape index (κ1) is 15.5. The van der Waals surface area contributed by atoms with Crippen LogP contribution in [0.15, 0.2) is 26.8 Å². The van der Waals surface area contributed by atoms with Crippen LogP contribution in [0.5, 0.6) is 0 Å². The van der Waals surface area contributed by atoms with Crippen LogP contribution in [0, 0.1) is 6.92 Å². The fourth-order valence-corrected chi connectivity index (χ4v) is 4.35. The van der Waals surface area contributed by atoms with Gasteiger partial charge in [-0.2, -0.15) is 11.3 Å². The lowest BCUT2D eigenvalue weighted by atomic mass is 10.2. The van der Waals surface area contributed by atoms with Crippen molar-refractivity contribution in [1.82, 2.24) is 20.1 Å². The van der Waals surface area contributed by atoms with Crippen LogP contribution < -0.4 is 0 Å². The molecule has 0 saturated carbocycles. The van der Waals surface area contributed by atoms with Gasteiger partial charge in [0.1, 0.15) is 10.9 Å². The second kappa shape index (κ2) is 6.45. The van der Waals surface area contributed by atoms with Gasteiger partial charge in [0, 0.05) is 6.54 Å². The maximum Gasteiger partial charge on any atom is 0.259 e. The first-order chi connectivity index (χ1) is 11.7. The van der Waals surface area contributed by atoms with E-state index < -0.39 is 0 Å². The highest BCUT2D eigenvalue weighted by molar-refractivity contribution is 7.13. The molecule has 3 aromatic rings. The van der Waals surface area contributed by atoms with Crippen LogP contribution in [0.4, 0.5) is 0 Å². The third-order valence-corrected chi connectivity index (χ3v) is 5.82. The number of carbonyl (C=O) groups is 1. The van der Waals surface area contributed by atoms with E-state index in [1.54, 1.807) is 16.8 Å². The van der Waals surface area contributed by atoms with Gasteiger partial charge >= 0.3 is 0 Å². The molecule has 24 heavy (non-hydrogen) atoms. The van der Waals surface area contributed by atoms with Crippen LogP contribution in [0.2, 0.25) is 0 Å². The summed E-state index contributed by atoms with van der Waals surface area (Å²) in [6, 6.07) is 1.87. The van der Waals surface area contributed by atoms with Crippen LogP contribution >= 0.6 is 22.7 Å². The summed E-state index contributed by atoms with van der Waals surface area (Å²) in [6.45, 7) is 2.66. The van der Waals surface area contributed by atoms with E-state index >= 15 is 0 Å². The molecule has 0 aromatic carbocycles. The van der Waals surface area contributed by atoms with Gasteiger partial charge in [0.25, 0.3) is 5.89 Å². The zero-order valence-corrected chi connectivity index (χ0v) is 14.8. The quantitative estimate of drug-likeness (QED) is 0.712. The van der Waals surface area contributed by atoms with E-state index in [-0.39, 0.29) is 11.9 Å². The average molecular weight is 360 g/mol. The maximum atomic E-state index is 12.6. The molecule has 1 fully saturated rings. The molecule has 124 valence electrons. The Morgan fingerprint density at radius 2 is 2.38 bits per heavy atom. The van der Waals surface area contributed by atoms with Gasteiger partial charge in [-0.25, -0.2) is 4.98 Å². The predicted molar refractivity (Wildman–Crippen MR) is 91.9 cm³/mol. The number of thiophene rings is 1. The highest BCUT2D eigenvalue weighted by atomic mass is 32.1. The molecule has 0 bridgehead atoms. The van der Waals surface area contributed by atoms with Gasteiger partial charge in [-0.1, -0.05) is 0 Å². The van der Waals surface area contributed by atoms with Crippen molar-refractivity contribution in [2.45, 2.75) is 32.2 Å². The molecule has 0 aliphatic carbocycles. The Bertz CT molecular complexity index is 840. The summed E-state index contributed by atoms with van der Waals surface area (Å²) in [4.78, 5) is 19.6. The molecule has 1 atom stereocenters. The molecule has 0 N–H and O–H groups in total. The lowest BCUT2D eigenvalue weighted by Crippen LogP contribution is -2.31. The molecule has 0 radical (unpaired) electrons. The van der Waals surface area contributed by atoms with Crippen molar-refractivity contribution < 1.29 is 9.21 Å². The second-order valence-electron chi connectivity index (χ2n) is 5.77. The zero-order valence-electron chi connectivity index (χ0n) is 13.1. The van der Waals surface area contributed by atoms with Crippen molar-refractivity contribution in [3.05, 3.63) is 39.5 Å². The Kier molecular flexibility index (Phi) is 4.15. The first-order valence-electron chi connectivity index (χ1n) is 7.77. The molecule has 1 saturated heterocycles. The Morgan fingerprint density at radius 3 is 3.12 bits per heavy atom. The predicted octanol–water partition coefficient (Wildman–Crippen LogP) is 3.47. The van der Waals surface area contributed by atoms with Gasteiger partial charge in [0.05, 0.1) is 17.6 Å². The summed E-state index contributed by atoms with van der Waals surface area (Å²) in [7, 11) is 0. The molecule has 6 nitrogen and oxygen atoms in total. The highest BCUT2D eigenvalue weighted by Crippen LogP contribution is 2.34. The van der Waals surface area contributed by atoms with E-state index in [1.807, 2.05) is 28.7 Å². The van der Waals surface area contributed by atoms with Crippen LogP contribution in [-0.4, -0.2) is 32.5 Å². The Morgan fingerprint density at radius 1 is 1.46 bits per heavy atom. The van der Waals surface area contributed by atoms with Gasteiger partial charge in [0.2, 0.25) is 11.8 Å². The molecule has 1 amide bonds. The SMILES string of the molecule is Cc1ncsc1-c1nnc([C@@H]2CCCN2C(=O)Cc2ccsc2)o1. The number of amides is 1. The molecule has 4 rings (SSSR count). The van der Waals surface area contributed by atoms with E-state index in [4.69, 9.17) is 4.42 Å². The van der Waals surface area contributed by atoms with Gasteiger partial charge in [-0.15, -0.1) is 21.5 Å². The lowest BCUT2D eigenvalue weighted by molar-refractivity contribution is -0.131. The summed E-state index contributed by atoms with van der Waals surface area (Å²) in [5.74, 6) is 1.13. The van der Waals surface area contributed by atoms with Crippen molar-refractivity contribution in [1.29, 1.82) is 0 Å². The van der Waals surface area contributed by atoms with Gasteiger partial charge in [-0.3, -0.25) is 4.79 Å². The minimum Gasteiger partial charge on any atom is -0.418 e. The van der Waals surface area contributed by atoms with Crippen molar-refractivity contribution in [2.75, 3.05) is 6.54 Å². The molecule has 0 unspecified atom stereocenters. The van der Waals surface area contributed by atoms with Crippen LogP contribution in [0.25, 0.3) is 10.8 Å². The normalized spacial score (nSPS) is 17.5. The Hall–Kier alpha value is -2.06. The summed E-state index contributed by atoms with van der Waals surface area (Å²) < 4.78 is 5.86. The third-order valence-electron chi connectivity index (χ3n) is 4.17. The Balaban J connectivity index is 1.54. The standard InChI is InChI=1S/C16H16N4O2S2/c1-10-14(24-9-17-10)16-19-18-15(22-16)12-3-2-5-20(12)13(21)7-11-4-6-23-8-11/h4,6,8-9,12H,2-3,5,7H2,1H3/t12-/m0/s1. The van der Waals surface area contributed by atoms with Gasteiger partial charge in [-0.05, 0) is 42.2 Å². The number of hydrogen-bond donors (Lipinski definition) is 0. The summed E-state index contributed by atoms with van der Waals surface area (Å²) in [5, 5.41) is 12.4. The van der Waals surface area contributed by atoms with Gasteiger partial charge in [0.15, 0.2) is 0 Å². The van der Waals surface area contributed by atoms with E-state index in [0.717, 1.165) is 35.5 Å². The van der Waals surface area contributed by atoms with Crippen LogP contribution in [0.1, 0.15) is 36.0 Å². The summed E-state index contributed by atoms with van der Waals surface area (Å²) in [5.41, 5.74) is 3.70. The number of rotatable bonds is 4. The van der Waals surface area contributed by atoms with E-state index in [9.17, 15) is 4.79 Å². The summed E-state index contributed by atoms with van der Waals surface area (Å²) >= 11 is 3.09. The monoisotopic (exact) mass is 360 g/mol. The topological polar surface area (TPSA) is 72.1 Å². The van der Waals surface area contributed by atoms with Crippen molar-refractivity contribution in [2.24, 2.45) is 0 Å². The van der Waals surface area contributed by atoms with Crippen LogP contribution in [-0.2, 0) is 11.2 Å². The van der Waals surface area contributed by atoms with E-state index in [0.29, 0.717) is 18.2 Å². The zero-order chi connectivity index (χ0) is 16.5. The smallest absolute Gasteiger partial charge is 0.259 e. The molecule has 3 aromatic heterocycles. The second-order valence-corrected chi connectivity index (χ2v) is 7.40. The number of aromatic nitrogens is 3. The Labute approximate surface area is 147 Å². The van der Waals surface area contributed by atoms with E-state index in [2.05, 4.69) is 15.2 Å². The van der Waals surface area contributed by atoms with E-state index in [1.165, 1.54) is 11.3 Å². The molecule has 8 heteroatoms. The number of likely N-dealkylation sites (tertiary alicyclic amines) is 1. The number of nitrogens with zero attached hydrogens (tertiary/aromatic N) is 4. The molecular weight excluding hydrogens is 344 g/mol. The lowest BCUT2D eigenvalue weighted by Gasteiger charge is -2.21. The minimum atomic E-state index is -0.120. The number of thiazole rings is 1. The van der Waals surface area contributed by atoms with Crippen LogP contribution in [0.3, 0.4) is 0 Å². The average Bonchev–Trinajstić information content (AvgIpc) is 3.34. The molecule has 1 aliphatic rings. The first-order valence-corrected chi connectivity index (χ1v) is 9.59. The maximum absolute atomic E-state index is 12.6. The highest BCUT2D eigenvalue weighted by Gasteiger charge is 2.34. The van der Waals surface area contributed by atoms with Gasteiger partial charge < -0.3 is 9.32 Å².